The molecule has 0 spiro atoms. The molecule has 1 fully saturated rings. The lowest BCUT2D eigenvalue weighted by molar-refractivity contribution is -0.124. The van der Waals surface area contributed by atoms with E-state index in [4.69, 9.17) is 0 Å². The minimum Gasteiger partial charge on any atom is -0.387 e. The highest BCUT2D eigenvalue weighted by Gasteiger charge is 2.14. The van der Waals surface area contributed by atoms with Crippen LogP contribution in [-0.4, -0.2) is 45.9 Å². The quantitative estimate of drug-likeness (QED) is 0.710. The normalized spacial score (nSPS) is 13.2. The first-order valence-electron chi connectivity index (χ1n) is 8.69. The molecule has 0 bridgehead atoms. The first kappa shape index (κ1) is 17.7. The average molecular weight is 349 g/mol. The molecule has 3 aromatic heterocycles. The maximum atomic E-state index is 10.8. The fourth-order valence-electron chi connectivity index (χ4n) is 2.97. The van der Waals surface area contributed by atoms with Gasteiger partial charge in [0.2, 0.25) is 5.91 Å². The highest BCUT2D eigenvalue weighted by Crippen LogP contribution is 2.28. The predicted molar refractivity (Wildman–Crippen MR) is 105 cm³/mol. The summed E-state index contributed by atoms with van der Waals surface area (Å²) in [6, 6.07) is 6.06. The third-order valence-electron chi connectivity index (χ3n) is 4.38. The van der Waals surface area contributed by atoms with E-state index in [1.165, 1.54) is 6.08 Å². The number of pyridine rings is 2. The summed E-state index contributed by atoms with van der Waals surface area (Å²) >= 11 is 0. The Bertz CT molecular complexity index is 882. The number of nitrogens with zero attached hydrogens (tertiary/aromatic N) is 3. The van der Waals surface area contributed by atoms with Gasteiger partial charge in [0.15, 0.2) is 0 Å². The van der Waals surface area contributed by atoms with Crippen molar-refractivity contribution in [3.63, 3.8) is 0 Å². The first-order chi connectivity index (χ1) is 12.7. The number of anilines is 1. The zero-order chi connectivity index (χ0) is 18.4. The van der Waals surface area contributed by atoms with E-state index in [-0.39, 0.29) is 5.91 Å². The number of aromatic nitrogens is 3. The number of hydrogen-bond acceptors (Lipinski definition) is 4. The van der Waals surface area contributed by atoms with Gasteiger partial charge in [0.1, 0.15) is 5.65 Å². The van der Waals surface area contributed by atoms with Gasteiger partial charge in [-0.15, -0.1) is 0 Å². The van der Waals surface area contributed by atoms with E-state index in [0.717, 1.165) is 53.8 Å². The molecule has 6 heteroatoms. The number of hydrogen-bond donors (Lipinski definition) is 2. The van der Waals surface area contributed by atoms with Crippen LogP contribution in [0.1, 0.15) is 12.8 Å². The van der Waals surface area contributed by atoms with Crippen LogP contribution in [0.4, 0.5) is 5.69 Å². The van der Waals surface area contributed by atoms with E-state index in [1.54, 1.807) is 6.20 Å². The number of amides is 1. The Morgan fingerprint density at radius 3 is 2.81 bits per heavy atom. The maximum Gasteiger partial charge on any atom is 0.245 e. The standard InChI is InChI=1S/C13H12N4.C7H11NO/c1-14-10-5-11-12(8-17-13(11)16-7-10)9-3-2-4-15-6-9;1-2-7(9)8-5-3-4-6-8/h2-8,14H,1H3,(H,16,17);2H,1,3-6H2. The lowest BCUT2D eigenvalue weighted by Gasteiger charge is -2.10. The molecule has 4 heterocycles. The summed E-state index contributed by atoms with van der Waals surface area (Å²) in [6.45, 7) is 5.26. The molecule has 134 valence electrons. The van der Waals surface area contributed by atoms with Crippen LogP contribution in [0, 0.1) is 0 Å². The number of fused-ring (bicyclic) bond motifs is 1. The fraction of sp³-hybridized carbons (Fsp3) is 0.250. The lowest BCUT2D eigenvalue weighted by Crippen LogP contribution is -2.25. The molecule has 0 radical (unpaired) electrons. The zero-order valence-electron chi connectivity index (χ0n) is 14.9. The third kappa shape index (κ3) is 3.91. The Morgan fingerprint density at radius 1 is 1.35 bits per heavy atom. The van der Waals surface area contributed by atoms with Crippen LogP contribution < -0.4 is 5.32 Å². The molecule has 0 aromatic carbocycles. The minimum absolute atomic E-state index is 0.0764. The summed E-state index contributed by atoms with van der Waals surface area (Å²) in [7, 11) is 1.89. The molecule has 1 aliphatic rings. The van der Waals surface area contributed by atoms with Crippen molar-refractivity contribution >= 4 is 22.6 Å². The number of aromatic amines is 1. The molecule has 2 N–H and O–H groups in total. The van der Waals surface area contributed by atoms with Gasteiger partial charge in [-0.3, -0.25) is 9.78 Å². The number of carbonyl (C=O) groups excluding carboxylic acids is 1. The van der Waals surface area contributed by atoms with Gasteiger partial charge in [-0.05, 0) is 31.1 Å². The molecular weight excluding hydrogens is 326 g/mol. The van der Waals surface area contributed by atoms with Crippen LogP contribution >= 0.6 is 0 Å². The highest BCUT2D eigenvalue weighted by atomic mass is 16.2. The zero-order valence-corrected chi connectivity index (χ0v) is 14.9. The summed E-state index contributed by atoms with van der Waals surface area (Å²) in [5.41, 5.74) is 4.11. The van der Waals surface area contributed by atoms with E-state index in [2.05, 4.69) is 32.9 Å². The van der Waals surface area contributed by atoms with E-state index < -0.39 is 0 Å². The summed E-state index contributed by atoms with van der Waals surface area (Å²) in [5, 5.41) is 4.20. The first-order valence-corrected chi connectivity index (χ1v) is 8.69. The summed E-state index contributed by atoms with van der Waals surface area (Å²) in [5.74, 6) is 0.0764. The largest absolute Gasteiger partial charge is 0.387 e. The van der Waals surface area contributed by atoms with E-state index in [1.807, 2.05) is 42.7 Å². The van der Waals surface area contributed by atoms with Gasteiger partial charge >= 0.3 is 0 Å². The van der Waals surface area contributed by atoms with Gasteiger partial charge in [0.25, 0.3) is 0 Å². The Balaban J connectivity index is 0.000000185. The highest BCUT2D eigenvalue weighted by molar-refractivity contribution is 5.94. The van der Waals surface area contributed by atoms with Gasteiger partial charge in [0.05, 0.1) is 11.9 Å². The van der Waals surface area contributed by atoms with Gasteiger partial charge in [0, 0.05) is 55.2 Å². The SMILES string of the molecule is C=CC(=O)N1CCCC1.CNc1cnc2[nH]cc(-c3cccnc3)c2c1. The van der Waals surface area contributed by atoms with E-state index in [0.29, 0.717) is 0 Å². The molecule has 0 atom stereocenters. The monoisotopic (exact) mass is 349 g/mol. The average Bonchev–Trinajstić information content (AvgIpc) is 3.38. The van der Waals surface area contributed by atoms with Crippen molar-refractivity contribution in [2.24, 2.45) is 0 Å². The van der Waals surface area contributed by atoms with Crippen molar-refractivity contribution in [1.82, 2.24) is 19.9 Å². The van der Waals surface area contributed by atoms with Crippen LogP contribution in [0.15, 0.2) is 55.6 Å². The molecule has 4 rings (SSSR count). The second-order valence-corrected chi connectivity index (χ2v) is 6.05. The van der Waals surface area contributed by atoms with Gasteiger partial charge in [-0.1, -0.05) is 12.6 Å². The molecule has 0 saturated carbocycles. The van der Waals surface area contributed by atoms with Crippen molar-refractivity contribution in [1.29, 1.82) is 0 Å². The molecule has 1 saturated heterocycles. The van der Waals surface area contributed by atoms with Crippen molar-refractivity contribution in [3.05, 3.63) is 55.6 Å². The van der Waals surface area contributed by atoms with Crippen molar-refractivity contribution in [2.75, 3.05) is 25.5 Å². The summed E-state index contributed by atoms with van der Waals surface area (Å²) in [4.78, 5) is 24.3. The van der Waals surface area contributed by atoms with Crippen LogP contribution in [0.5, 0.6) is 0 Å². The molecule has 0 aliphatic carbocycles. The predicted octanol–water partition coefficient (Wildman–Crippen LogP) is 3.46. The van der Waals surface area contributed by atoms with Crippen LogP contribution in [0.3, 0.4) is 0 Å². The Morgan fingerprint density at radius 2 is 2.15 bits per heavy atom. The maximum absolute atomic E-state index is 10.8. The fourth-order valence-corrected chi connectivity index (χ4v) is 2.97. The molecule has 3 aromatic rings. The number of rotatable bonds is 3. The van der Waals surface area contributed by atoms with Crippen molar-refractivity contribution in [3.8, 4) is 11.1 Å². The Kier molecular flexibility index (Phi) is 5.63. The summed E-state index contributed by atoms with van der Waals surface area (Å²) in [6.07, 6.45) is 11.1. The Hall–Kier alpha value is -3.15. The summed E-state index contributed by atoms with van der Waals surface area (Å²) < 4.78 is 0. The van der Waals surface area contributed by atoms with Gasteiger partial charge in [-0.25, -0.2) is 4.98 Å². The topological polar surface area (TPSA) is 73.9 Å². The number of carbonyl (C=O) groups is 1. The molecule has 1 amide bonds. The van der Waals surface area contributed by atoms with E-state index in [9.17, 15) is 4.79 Å². The molecular formula is C20H23N5O. The minimum atomic E-state index is 0.0764. The van der Waals surface area contributed by atoms with Crippen LogP contribution in [0.25, 0.3) is 22.2 Å². The number of nitrogens with one attached hydrogen (secondary N) is 2. The van der Waals surface area contributed by atoms with Crippen LogP contribution in [-0.2, 0) is 4.79 Å². The lowest BCUT2D eigenvalue weighted by atomic mass is 10.1. The Labute approximate surface area is 153 Å². The third-order valence-corrected chi connectivity index (χ3v) is 4.38. The molecule has 26 heavy (non-hydrogen) atoms. The number of likely N-dealkylation sites (tertiary alicyclic amines) is 1. The van der Waals surface area contributed by atoms with Gasteiger partial charge in [-0.2, -0.15) is 0 Å². The van der Waals surface area contributed by atoms with Crippen LogP contribution in [0.2, 0.25) is 0 Å². The molecule has 0 unspecified atom stereocenters. The van der Waals surface area contributed by atoms with Crippen molar-refractivity contribution < 1.29 is 4.79 Å². The second-order valence-electron chi connectivity index (χ2n) is 6.05. The van der Waals surface area contributed by atoms with E-state index >= 15 is 0 Å². The molecule has 1 aliphatic heterocycles. The molecule has 6 nitrogen and oxygen atoms in total. The number of H-pyrrole nitrogens is 1. The van der Waals surface area contributed by atoms with Crippen molar-refractivity contribution in [2.45, 2.75) is 12.8 Å². The smallest absolute Gasteiger partial charge is 0.245 e. The van der Waals surface area contributed by atoms with Gasteiger partial charge < -0.3 is 15.2 Å². The second kappa shape index (κ2) is 8.29.